The first-order valence-corrected chi connectivity index (χ1v) is 5.93. The Bertz CT molecular complexity index is 644. The van der Waals surface area contributed by atoms with Gasteiger partial charge in [-0.05, 0) is 11.6 Å². The number of nitrogens with two attached hydrogens (primary N) is 2. The fourth-order valence-corrected chi connectivity index (χ4v) is 1.63. The fraction of sp³-hybridized carbons (Fsp3) is 0.154. The van der Waals surface area contributed by atoms with Gasteiger partial charge in [-0.3, -0.25) is 4.79 Å². The van der Waals surface area contributed by atoms with Crippen LogP contribution in [0.1, 0.15) is 12.5 Å². The lowest BCUT2D eigenvalue weighted by Gasteiger charge is -2.03. The second-order valence-corrected chi connectivity index (χ2v) is 4.16. The van der Waals surface area contributed by atoms with Gasteiger partial charge in [0.15, 0.2) is 5.96 Å². The van der Waals surface area contributed by atoms with Crippen LogP contribution in [0.25, 0.3) is 11.3 Å². The van der Waals surface area contributed by atoms with Crippen LogP contribution in [-0.4, -0.2) is 16.9 Å². The number of oxazole rings is 1. The average Bonchev–Trinajstić information content (AvgIpc) is 2.84. The van der Waals surface area contributed by atoms with E-state index in [1.54, 1.807) is 0 Å². The van der Waals surface area contributed by atoms with Gasteiger partial charge in [0.2, 0.25) is 5.91 Å². The molecular formula is C13H15N5O2. The predicted octanol–water partition coefficient (Wildman–Crippen LogP) is 0.883. The molecule has 0 fully saturated rings. The number of hydrogen-bond donors (Lipinski definition) is 3. The van der Waals surface area contributed by atoms with Gasteiger partial charge in [0, 0.05) is 19.0 Å². The van der Waals surface area contributed by atoms with Crippen LogP contribution < -0.4 is 16.8 Å². The Morgan fingerprint density at radius 2 is 2.25 bits per heavy atom. The molecule has 0 unspecified atom stereocenters. The van der Waals surface area contributed by atoms with Crippen LogP contribution in [0.3, 0.4) is 0 Å². The van der Waals surface area contributed by atoms with E-state index >= 15 is 0 Å². The van der Waals surface area contributed by atoms with Crippen LogP contribution in [0.4, 0.5) is 6.01 Å². The summed E-state index contributed by atoms with van der Waals surface area (Å²) in [5.74, 6) is -0.190. The van der Waals surface area contributed by atoms with E-state index in [-0.39, 0.29) is 17.9 Å². The summed E-state index contributed by atoms with van der Waals surface area (Å²) in [6, 6.07) is 7.69. The van der Waals surface area contributed by atoms with Gasteiger partial charge in [0.05, 0.1) is 0 Å². The molecule has 7 nitrogen and oxygen atoms in total. The highest BCUT2D eigenvalue weighted by molar-refractivity contribution is 5.78. The van der Waals surface area contributed by atoms with Crippen LogP contribution in [0.15, 0.2) is 39.9 Å². The first-order chi connectivity index (χ1) is 9.54. The smallest absolute Gasteiger partial charge is 0.325 e. The molecule has 0 aliphatic heterocycles. The molecule has 0 saturated heterocycles. The van der Waals surface area contributed by atoms with Crippen LogP contribution in [-0.2, 0) is 11.3 Å². The minimum atomic E-state index is -0.113. The molecular weight excluding hydrogens is 258 g/mol. The largest absolute Gasteiger partial charge is 0.430 e. The molecule has 1 heterocycles. The maximum Gasteiger partial charge on any atom is 0.325 e. The summed E-state index contributed by atoms with van der Waals surface area (Å²) in [6.07, 6.45) is 1.47. The number of aromatic nitrogens is 1. The zero-order valence-electron chi connectivity index (χ0n) is 11.0. The molecule has 0 aliphatic carbocycles. The zero-order valence-corrected chi connectivity index (χ0v) is 11.0. The van der Waals surface area contributed by atoms with Crippen molar-refractivity contribution in [3.05, 3.63) is 36.1 Å². The molecule has 0 aliphatic rings. The van der Waals surface area contributed by atoms with Gasteiger partial charge in [0.1, 0.15) is 12.0 Å². The fourth-order valence-electron chi connectivity index (χ4n) is 1.63. The van der Waals surface area contributed by atoms with E-state index in [9.17, 15) is 4.79 Å². The van der Waals surface area contributed by atoms with Crippen molar-refractivity contribution >= 4 is 17.9 Å². The van der Waals surface area contributed by atoms with Crippen molar-refractivity contribution in [1.82, 2.24) is 10.3 Å². The van der Waals surface area contributed by atoms with Gasteiger partial charge >= 0.3 is 6.01 Å². The molecule has 20 heavy (non-hydrogen) atoms. The predicted molar refractivity (Wildman–Crippen MR) is 74.9 cm³/mol. The first kappa shape index (κ1) is 13.6. The molecule has 0 radical (unpaired) electrons. The molecule has 1 aromatic heterocycles. The monoisotopic (exact) mass is 273 g/mol. The number of guanidine groups is 1. The number of nitrogens with zero attached hydrogens (tertiary/aromatic N) is 2. The van der Waals surface area contributed by atoms with Gasteiger partial charge in [-0.2, -0.15) is 9.98 Å². The molecule has 1 amide bonds. The molecule has 5 N–H and O–H groups in total. The van der Waals surface area contributed by atoms with Crippen LogP contribution in [0.5, 0.6) is 0 Å². The van der Waals surface area contributed by atoms with E-state index in [0.29, 0.717) is 12.2 Å². The number of carbonyl (C=O) groups excluding carboxylic acids is 1. The highest BCUT2D eigenvalue weighted by Crippen LogP contribution is 2.22. The van der Waals surface area contributed by atoms with Crippen molar-refractivity contribution in [2.45, 2.75) is 13.5 Å². The molecule has 0 bridgehead atoms. The van der Waals surface area contributed by atoms with E-state index in [1.165, 1.54) is 13.2 Å². The number of carbonyl (C=O) groups is 1. The lowest BCUT2D eigenvalue weighted by atomic mass is 10.1. The van der Waals surface area contributed by atoms with E-state index in [2.05, 4.69) is 15.3 Å². The van der Waals surface area contributed by atoms with Crippen molar-refractivity contribution in [3.63, 3.8) is 0 Å². The minimum absolute atomic E-state index is 0.0770. The average molecular weight is 273 g/mol. The quantitative estimate of drug-likeness (QED) is 0.564. The maximum atomic E-state index is 10.9. The summed E-state index contributed by atoms with van der Waals surface area (Å²) < 4.78 is 5.14. The van der Waals surface area contributed by atoms with Gasteiger partial charge in [-0.15, -0.1) is 0 Å². The molecule has 104 valence electrons. The van der Waals surface area contributed by atoms with Gasteiger partial charge in [-0.1, -0.05) is 18.2 Å². The SMILES string of the molecule is CC(=O)NCc1cccc(-c2coc(N=C(N)N)n2)c1. The van der Waals surface area contributed by atoms with Crippen molar-refractivity contribution in [3.8, 4) is 11.3 Å². The Balaban J connectivity index is 2.20. The number of hydrogen-bond acceptors (Lipinski definition) is 4. The molecule has 2 rings (SSSR count). The lowest BCUT2D eigenvalue weighted by molar-refractivity contribution is -0.119. The molecule has 0 saturated carbocycles. The van der Waals surface area contributed by atoms with Crippen LogP contribution >= 0.6 is 0 Å². The summed E-state index contributed by atoms with van der Waals surface area (Å²) in [5.41, 5.74) is 12.9. The molecule has 2 aromatic rings. The number of aliphatic imine (C=N–C) groups is 1. The topological polar surface area (TPSA) is 120 Å². The van der Waals surface area contributed by atoms with E-state index < -0.39 is 0 Å². The van der Waals surface area contributed by atoms with Gasteiger partial charge in [0.25, 0.3) is 0 Å². The summed E-state index contributed by atoms with van der Waals surface area (Å²) >= 11 is 0. The van der Waals surface area contributed by atoms with Crippen LogP contribution in [0.2, 0.25) is 0 Å². The third kappa shape index (κ3) is 3.58. The second kappa shape index (κ2) is 5.87. The number of nitrogens with one attached hydrogen (secondary N) is 1. The number of amides is 1. The highest BCUT2D eigenvalue weighted by atomic mass is 16.4. The Labute approximate surface area is 115 Å². The van der Waals surface area contributed by atoms with Crippen molar-refractivity contribution in [2.24, 2.45) is 16.5 Å². The Morgan fingerprint density at radius 1 is 1.45 bits per heavy atom. The van der Waals surface area contributed by atoms with E-state index in [4.69, 9.17) is 15.9 Å². The molecule has 7 heteroatoms. The summed E-state index contributed by atoms with van der Waals surface area (Å²) in [4.78, 5) is 18.8. The molecule has 1 aromatic carbocycles. The minimum Gasteiger partial charge on any atom is -0.430 e. The standard InChI is InChI=1S/C13H15N5O2/c1-8(19)16-6-9-3-2-4-10(5-9)11-7-20-13(17-11)18-12(14)15/h2-5,7H,6H2,1H3,(H,16,19)(H4,14,15,17,18). The van der Waals surface area contributed by atoms with E-state index in [1.807, 2.05) is 24.3 Å². The third-order valence-corrected chi connectivity index (χ3v) is 2.48. The summed E-state index contributed by atoms with van der Waals surface area (Å²) in [5, 5.41) is 2.73. The third-order valence-electron chi connectivity index (χ3n) is 2.48. The highest BCUT2D eigenvalue weighted by Gasteiger charge is 2.06. The van der Waals surface area contributed by atoms with Gasteiger partial charge in [-0.25, -0.2) is 0 Å². The maximum absolute atomic E-state index is 10.9. The van der Waals surface area contributed by atoms with Crippen molar-refractivity contribution in [1.29, 1.82) is 0 Å². The van der Waals surface area contributed by atoms with E-state index in [0.717, 1.165) is 11.1 Å². The molecule has 0 spiro atoms. The first-order valence-electron chi connectivity index (χ1n) is 5.93. The summed E-state index contributed by atoms with van der Waals surface area (Å²) in [6.45, 7) is 1.94. The Kier molecular flexibility index (Phi) is 3.99. The van der Waals surface area contributed by atoms with Crippen molar-refractivity contribution < 1.29 is 9.21 Å². The zero-order chi connectivity index (χ0) is 14.5. The van der Waals surface area contributed by atoms with Crippen molar-refractivity contribution in [2.75, 3.05) is 0 Å². The summed E-state index contributed by atoms with van der Waals surface area (Å²) in [7, 11) is 0. The normalized spacial score (nSPS) is 10.1. The molecule has 0 atom stereocenters. The second-order valence-electron chi connectivity index (χ2n) is 4.16. The number of rotatable bonds is 4. The Hall–Kier alpha value is -2.83. The van der Waals surface area contributed by atoms with Crippen LogP contribution in [0, 0.1) is 0 Å². The Morgan fingerprint density at radius 3 is 2.95 bits per heavy atom. The van der Waals surface area contributed by atoms with Gasteiger partial charge < -0.3 is 21.2 Å². The lowest BCUT2D eigenvalue weighted by Crippen LogP contribution is -2.21. The number of benzene rings is 1.